The minimum Gasteiger partial charge on any atom is -0.366 e. The fourth-order valence-electron chi connectivity index (χ4n) is 1.29. The van der Waals surface area contributed by atoms with Gasteiger partial charge in [0.15, 0.2) is 5.82 Å². The zero-order valence-electron chi connectivity index (χ0n) is 9.45. The molecule has 0 aliphatic rings. The highest BCUT2D eigenvalue weighted by molar-refractivity contribution is 5.86. The Morgan fingerprint density at radius 1 is 1.22 bits per heavy atom. The van der Waals surface area contributed by atoms with Crippen LogP contribution in [0.1, 0.15) is 0 Å². The molecule has 0 unspecified atom stereocenters. The van der Waals surface area contributed by atoms with E-state index in [1.165, 1.54) is 12.3 Å². The van der Waals surface area contributed by atoms with E-state index in [4.69, 9.17) is 5.73 Å². The number of anilines is 1. The second kappa shape index (κ2) is 5.53. The minimum absolute atomic E-state index is 0.522. The molecule has 6 nitrogen and oxygen atoms in total. The van der Waals surface area contributed by atoms with Gasteiger partial charge in [-0.1, -0.05) is 0 Å². The van der Waals surface area contributed by atoms with E-state index in [2.05, 4.69) is 20.3 Å². The van der Waals surface area contributed by atoms with E-state index >= 15 is 0 Å². The van der Waals surface area contributed by atoms with Crippen LogP contribution in [0.2, 0.25) is 0 Å². The molecule has 2 rings (SSSR count). The number of carbonyl (C=O) groups is 1. The predicted molar refractivity (Wildman–Crippen MR) is 67.2 cm³/mol. The first-order chi connectivity index (χ1) is 8.75. The van der Waals surface area contributed by atoms with Gasteiger partial charge in [-0.05, 0) is 18.2 Å². The number of hydrogen-bond acceptors (Lipinski definition) is 5. The molecule has 3 N–H and O–H groups in total. The van der Waals surface area contributed by atoms with Crippen LogP contribution in [0.4, 0.5) is 5.82 Å². The summed E-state index contributed by atoms with van der Waals surface area (Å²) in [5, 5.41) is 2.84. The van der Waals surface area contributed by atoms with E-state index < -0.39 is 5.91 Å². The molecule has 6 heteroatoms. The van der Waals surface area contributed by atoms with E-state index in [0.29, 0.717) is 11.6 Å². The van der Waals surface area contributed by atoms with Gasteiger partial charge >= 0.3 is 0 Å². The number of nitrogens with zero attached hydrogens (tertiary/aromatic N) is 3. The normalized spacial score (nSPS) is 10.4. The second-order valence-electron chi connectivity index (χ2n) is 3.38. The monoisotopic (exact) mass is 241 g/mol. The molecule has 0 bridgehead atoms. The molecule has 2 heterocycles. The Morgan fingerprint density at radius 2 is 2.00 bits per heavy atom. The number of nitrogens with one attached hydrogen (secondary N) is 1. The summed E-state index contributed by atoms with van der Waals surface area (Å²) < 4.78 is 0. The van der Waals surface area contributed by atoms with Crippen LogP contribution < -0.4 is 11.1 Å². The van der Waals surface area contributed by atoms with Crippen LogP contribution in [0.25, 0.3) is 11.4 Å². The van der Waals surface area contributed by atoms with Gasteiger partial charge in [0, 0.05) is 36.4 Å². The molecule has 0 atom stereocenters. The Balaban J connectivity index is 2.18. The standard InChI is InChI=1S/C12H11N5O/c13-10(18)3-7-15-11-4-8-16-12(17-11)9-1-5-14-6-2-9/h1-8H,(H2,13,18)(H,15,16,17)/b7-3+. The van der Waals surface area contributed by atoms with Crippen LogP contribution in [0.5, 0.6) is 0 Å². The lowest BCUT2D eigenvalue weighted by molar-refractivity contribution is -0.113. The zero-order valence-corrected chi connectivity index (χ0v) is 9.45. The molecule has 0 aromatic carbocycles. The number of carbonyl (C=O) groups excluding carboxylic acids is 1. The molecule has 0 spiro atoms. The predicted octanol–water partition coefficient (Wildman–Crippen LogP) is 0.949. The van der Waals surface area contributed by atoms with Gasteiger partial charge in [-0.25, -0.2) is 9.97 Å². The van der Waals surface area contributed by atoms with E-state index in [9.17, 15) is 4.79 Å². The highest BCUT2D eigenvalue weighted by Crippen LogP contribution is 2.14. The topological polar surface area (TPSA) is 93.8 Å². The molecule has 2 aromatic rings. The van der Waals surface area contributed by atoms with Gasteiger partial charge in [0.2, 0.25) is 5.91 Å². The van der Waals surface area contributed by atoms with Crippen LogP contribution in [-0.4, -0.2) is 20.9 Å². The van der Waals surface area contributed by atoms with Crippen molar-refractivity contribution in [1.82, 2.24) is 15.0 Å². The molecule has 0 aliphatic heterocycles. The molecular formula is C12H11N5O. The molecule has 0 fully saturated rings. The highest BCUT2D eigenvalue weighted by Gasteiger charge is 2.00. The number of rotatable bonds is 4. The third-order valence-corrected chi connectivity index (χ3v) is 2.07. The number of aromatic nitrogens is 3. The van der Waals surface area contributed by atoms with Crippen LogP contribution in [-0.2, 0) is 4.79 Å². The van der Waals surface area contributed by atoms with Crippen molar-refractivity contribution in [3.63, 3.8) is 0 Å². The quantitative estimate of drug-likeness (QED) is 0.777. The molecule has 0 saturated carbocycles. The smallest absolute Gasteiger partial charge is 0.242 e. The van der Waals surface area contributed by atoms with Crippen molar-refractivity contribution in [3.8, 4) is 11.4 Å². The largest absolute Gasteiger partial charge is 0.366 e. The lowest BCUT2D eigenvalue weighted by atomic mass is 10.2. The molecule has 18 heavy (non-hydrogen) atoms. The van der Waals surface area contributed by atoms with Crippen LogP contribution in [0.15, 0.2) is 49.1 Å². The number of pyridine rings is 1. The van der Waals surface area contributed by atoms with E-state index in [-0.39, 0.29) is 0 Å². The first-order valence-corrected chi connectivity index (χ1v) is 5.21. The average molecular weight is 241 g/mol. The third kappa shape index (κ3) is 3.11. The van der Waals surface area contributed by atoms with Crippen molar-refractivity contribution in [1.29, 1.82) is 0 Å². The summed E-state index contributed by atoms with van der Waals surface area (Å²) in [6, 6.07) is 5.33. The van der Waals surface area contributed by atoms with Crippen molar-refractivity contribution in [3.05, 3.63) is 49.1 Å². The highest BCUT2D eigenvalue weighted by atomic mass is 16.1. The maximum atomic E-state index is 10.5. The molecule has 90 valence electrons. The van der Waals surface area contributed by atoms with Gasteiger partial charge in [0.05, 0.1) is 0 Å². The Bertz CT molecular complexity index is 568. The van der Waals surface area contributed by atoms with E-state index in [0.717, 1.165) is 5.56 Å². The fourth-order valence-corrected chi connectivity index (χ4v) is 1.29. The van der Waals surface area contributed by atoms with Crippen molar-refractivity contribution in [2.45, 2.75) is 0 Å². The number of nitrogens with two attached hydrogens (primary N) is 1. The Kier molecular flexibility index (Phi) is 3.60. The summed E-state index contributed by atoms with van der Waals surface area (Å²) in [5.74, 6) is 0.634. The van der Waals surface area contributed by atoms with E-state index in [1.54, 1.807) is 24.7 Å². The van der Waals surface area contributed by atoms with Crippen molar-refractivity contribution < 1.29 is 4.79 Å². The fraction of sp³-hybridized carbons (Fsp3) is 0. The lowest BCUT2D eigenvalue weighted by Gasteiger charge is -2.02. The summed E-state index contributed by atoms with van der Waals surface area (Å²) in [6.45, 7) is 0. The summed E-state index contributed by atoms with van der Waals surface area (Å²) >= 11 is 0. The maximum absolute atomic E-state index is 10.5. The Morgan fingerprint density at radius 3 is 2.72 bits per heavy atom. The van der Waals surface area contributed by atoms with Gasteiger partial charge < -0.3 is 11.1 Å². The molecule has 1 amide bonds. The van der Waals surface area contributed by atoms with Gasteiger partial charge in [-0.3, -0.25) is 9.78 Å². The Labute approximate surface area is 104 Å². The van der Waals surface area contributed by atoms with Crippen molar-refractivity contribution in [2.24, 2.45) is 5.73 Å². The maximum Gasteiger partial charge on any atom is 0.242 e. The number of amides is 1. The summed E-state index contributed by atoms with van der Waals surface area (Å²) in [4.78, 5) is 22.9. The van der Waals surface area contributed by atoms with Gasteiger partial charge in [0.25, 0.3) is 0 Å². The van der Waals surface area contributed by atoms with Crippen molar-refractivity contribution >= 4 is 11.7 Å². The van der Waals surface area contributed by atoms with E-state index in [1.807, 2.05) is 12.1 Å². The van der Waals surface area contributed by atoms with Crippen LogP contribution in [0.3, 0.4) is 0 Å². The molecule has 0 aliphatic carbocycles. The third-order valence-electron chi connectivity index (χ3n) is 2.07. The van der Waals surface area contributed by atoms with Gasteiger partial charge in [0.1, 0.15) is 5.82 Å². The number of hydrogen-bond donors (Lipinski definition) is 2. The molecule has 0 radical (unpaired) electrons. The summed E-state index contributed by atoms with van der Waals surface area (Å²) in [7, 11) is 0. The Hall–Kier alpha value is -2.76. The van der Waals surface area contributed by atoms with Crippen molar-refractivity contribution in [2.75, 3.05) is 5.32 Å². The zero-order chi connectivity index (χ0) is 12.8. The lowest BCUT2D eigenvalue weighted by Crippen LogP contribution is -2.06. The van der Waals surface area contributed by atoms with Gasteiger partial charge in [-0.15, -0.1) is 0 Å². The first kappa shape index (κ1) is 11.7. The number of primary amides is 1. The SMILES string of the molecule is NC(=O)/C=C/Nc1ccnc(-c2ccncc2)n1. The average Bonchev–Trinajstić information content (AvgIpc) is 2.40. The minimum atomic E-state index is -0.522. The van der Waals surface area contributed by atoms with Crippen LogP contribution in [0, 0.1) is 0 Å². The van der Waals surface area contributed by atoms with Gasteiger partial charge in [-0.2, -0.15) is 0 Å². The molecular weight excluding hydrogens is 230 g/mol. The first-order valence-electron chi connectivity index (χ1n) is 5.21. The summed E-state index contributed by atoms with van der Waals surface area (Å²) in [5.41, 5.74) is 5.84. The molecule has 2 aromatic heterocycles. The summed E-state index contributed by atoms with van der Waals surface area (Å²) in [6.07, 6.45) is 7.62. The molecule has 0 saturated heterocycles. The second-order valence-corrected chi connectivity index (χ2v) is 3.38. The van der Waals surface area contributed by atoms with Crippen LogP contribution >= 0.6 is 0 Å².